The average Bonchev–Trinajstić information content (AvgIpc) is 3.03. The summed E-state index contributed by atoms with van der Waals surface area (Å²) in [5.74, 6) is 1.02. The Hall–Kier alpha value is -3.28. The first-order chi connectivity index (χ1) is 14.0. The quantitative estimate of drug-likeness (QED) is 0.603. The minimum Gasteiger partial charge on any atom is -0.490 e. The van der Waals surface area contributed by atoms with Crippen LogP contribution in [0.1, 0.15) is 29.4 Å². The van der Waals surface area contributed by atoms with Crippen LogP contribution in [0.15, 0.2) is 54.6 Å². The molecule has 1 aromatic heterocycles. The molecule has 152 valence electrons. The van der Waals surface area contributed by atoms with Crippen molar-refractivity contribution in [2.45, 2.75) is 33.9 Å². The van der Waals surface area contributed by atoms with Crippen molar-refractivity contribution in [2.75, 3.05) is 13.2 Å². The van der Waals surface area contributed by atoms with Gasteiger partial charge in [0.25, 0.3) is 5.91 Å². The number of rotatable bonds is 9. The van der Waals surface area contributed by atoms with Crippen molar-refractivity contribution < 1.29 is 14.3 Å². The second kappa shape index (κ2) is 9.78. The van der Waals surface area contributed by atoms with E-state index in [1.807, 2.05) is 55.8 Å². The minimum absolute atomic E-state index is 0.0600. The summed E-state index contributed by atoms with van der Waals surface area (Å²) in [7, 11) is 0. The molecule has 6 nitrogen and oxygen atoms in total. The molecule has 3 rings (SSSR count). The molecule has 1 amide bonds. The standard InChI is InChI=1S/C23H27N3O3/c1-4-28-21-10-5-6-11-22(21)29-16-23(27)24-14-19-8-7-9-20(13-19)15-26-18(3)12-17(2)25-26/h5-13H,4,14-16H2,1-3H3,(H,24,27). The number of ether oxygens (including phenoxy) is 2. The molecule has 6 heteroatoms. The normalized spacial score (nSPS) is 10.6. The lowest BCUT2D eigenvalue weighted by Gasteiger charge is -2.12. The summed E-state index contributed by atoms with van der Waals surface area (Å²) in [5.41, 5.74) is 4.32. The van der Waals surface area contributed by atoms with Gasteiger partial charge in [0.2, 0.25) is 0 Å². The molecule has 0 atom stereocenters. The second-order valence-electron chi connectivity index (χ2n) is 6.85. The van der Waals surface area contributed by atoms with Gasteiger partial charge in [0.1, 0.15) is 0 Å². The van der Waals surface area contributed by atoms with Crippen LogP contribution in [0.5, 0.6) is 11.5 Å². The molecule has 0 aliphatic carbocycles. The zero-order valence-corrected chi connectivity index (χ0v) is 17.1. The van der Waals surface area contributed by atoms with Gasteiger partial charge in [-0.1, -0.05) is 36.4 Å². The van der Waals surface area contributed by atoms with Crippen LogP contribution in [0.3, 0.4) is 0 Å². The molecule has 0 spiro atoms. The number of nitrogens with one attached hydrogen (secondary N) is 1. The molecule has 0 saturated heterocycles. The van der Waals surface area contributed by atoms with Gasteiger partial charge >= 0.3 is 0 Å². The first-order valence-electron chi connectivity index (χ1n) is 9.75. The van der Waals surface area contributed by atoms with Gasteiger partial charge < -0.3 is 14.8 Å². The van der Waals surface area contributed by atoms with Crippen LogP contribution >= 0.6 is 0 Å². The Balaban J connectivity index is 1.52. The lowest BCUT2D eigenvalue weighted by Crippen LogP contribution is -2.28. The van der Waals surface area contributed by atoms with Crippen LogP contribution in [0.4, 0.5) is 0 Å². The van der Waals surface area contributed by atoms with Crippen LogP contribution in [-0.2, 0) is 17.9 Å². The van der Waals surface area contributed by atoms with Gasteiger partial charge in [-0.2, -0.15) is 5.10 Å². The van der Waals surface area contributed by atoms with Crippen molar-refractivity contribution in [3.8, 4) is 11.5 Å². The minimum atomic E-state index is -0.180. The maximum atomic E-state index is 12.2. The monoisotopic (exact) mass is 393 g/mol. The van der Waals surface area contributed by atoms with E-state index in [0.29, 0.717) is 31.2 Å². The maximum Gasteiger partial charge on any atom is 0.258 e. The number of benzene rings is 2. The average molecular weight is 393 g/mol. The van der Waals surface area contributed by atoms with Crippen LogP contribution in [0.25, 0.3) is 0 Å². The van der Waals surface area contributed by atoms with Crippen molar-refractivity contribution in [1.82, 2.24) is 15.1 Å². The van der Waals surface area contributed by atoms with Crippen LogP contribution in [0, 0.1) is 13.8 Å². The van der Waals surface area contributed by atoms with E-state index in [0.717, 1.165) is 22.5 Å². The van der Waals surface area contributed by atoms with Crippen molar-refractivity contribution in [2.24, 2.45) is 0 Å². The molecule has 3 aromatic rings. The Morgan fingerprint density at radius 1 is 1.00 bits per heavy atom. The number of hydrogen-bond acceptors (Lipinski definition) is 4. The Morgan fingerprint density at radius 2 is 1.72 bits per heavy atom. The van der Waals surface area contributed by atoms with Gasteiger partial charge in [0.15, 0.2) is 18.1 Å². The van der Waals surface area contributed by atoms with Gasteiger partial charge in [-0.25, -0.2) is 0 Å². The zero-order valence-electron chi connectivity index (χ0n) is 17.1. The fourth-order valence-corrected chi connectivity index (χ4v) is 3.09. The third-order valence-electron chi connectivity index (χ3n) is 4.42. The van der Waals surface area contributed by atoms with Gasteiger partial charge in [-0.3, -0.25) is 9.48 Å². The van der Waals surface area contributed by atoms with Crippen LogP contribution in [-0.4, -0.2) is 28.9 Å². The SMILES string of the molecule is CCOc1ccccc1OCC(=O)NCc1cccc(Cn2nc(C)cc2C)c1. The largest absolute Gasteiger partial charge is 0.490 e. The second-order valence-corrected chi connectivity index (χ2v) is 6.85. The molecule has 29 heavy (non-hydrogen) atoms. The van der Waals surface area contributed by atoms with E-state index in [1.165, 1.54) is 0 Å². The Bertz CT molecular complexity index is 966. The lowest BCUT2D eigenvalue weighted by molar-refractivity contribution is -0.123. The number of carbonyl (C=O) groups excluding carboxylic acids is 1. The van der Waals surface area contributed by atoms with E-state index in [-0.39, 0.29) is 12.5 Å². The predicted molar refractivity (Wildman–Crippen MR) is 112 cm³/mol. The number of nitrogens with zero attached hydrogens (tertiary/aromatic N) is 2. The molecular formula is C23H27N3O3. The highest BCUT2D eigenvalue weighted by Gasteiger charge is 2.08. The van der Waals surface area contributed by atoms with Gasteiger partial charge in [0.05, 0.1) is 18.8 Å². The van der Waals surface area contributed by atoms with E-state index in [1.54, 1.807) is 6.07 Å². The number of aromatic nitrogens is 2. The number of carbonyl (C=O) groups is 1. The Kier molecular flexibility index (Phi) is 6.89. The Labute approximate surface area is 171 Å². The van der Waals surface area contributed by atoms with E-state index in [2.05, 4.69) is 28.6 Å². The number of aryl methyl sites for hydroxylation is 2. The third-order valence-corrected chi connectivity index (χ3v) is 4.42. The summed E-state index contributed by atoms with van der Waals surface area (Å²) < 4.78 is 13.1. The number of para-hydroxylation sites is 2. The summed E-state index contributed by atoms with van der Waals surface area (Å²) >= 11 is 0. The maximum absolute atomic E-state index is 12.2. The van der Waals surface area contributed by atoms with Crippen LogP contribution in [0.2, 0.25) is 0 Å². The highest BCUT2D eigenvalue weighted by Crippen LogP contribution is 2.26. The fraction of sp³-hybridized carbons (Fsp3) is 0.304. The molecule has 0 unspecified atom stereocenters. The van der Waals surface area contributed by atoms with E-state index >= 15 is 0 Å². The molecule has 1 N–H and O–H groups in total. The summed E-state index contributed by atoms with van der Waals surface area (Å²) in [6.07, 6.45) is 0. The number of hydrogen-bond donors (Lipinski definition) is 1. The van der Waals surface area contributed by atoms with E-state index < -0.39 is 0 Å². The topological polar surface area (TPSA) is 65.4 Å². The fourth-order valence-electron chi connectivity index (χ4n) is 3.09. The van der Waals surface area contributed by atoms with Crippen molar-refractivity contribution in [1.29, 1.82) is 0 Å². The lowest BCUT2D eigenvalue weighted by atomic mass is 10.1. The van der Waals surface area contributed by atoms with E-state index in [9.17, 15) is 4.79 Å². The number of amides is 1. The summed E-state index contributed by atoms with van der Waals surface area (Å²) in [6.45, 7) is 7.58. The molecule has 1 heterocycles. The van der Waals surface area contributed by atoms with Crippen molar-refractivity contribution in [3.05, 3.63) is 77.1 Å². The predicted octanol–water partition coefficient (Wildman–Crippen LogP) is 3.64. The summed E-state index contributed by atoms with van der Waals surface area (Å²) in [6, 6.07) is 17.5. The summed E-state index contributed by atoms with van der Waals surface area (Å²) in [5, 5.41) is 7.40. The molecule has 0 fully saturated rings. The Morgan fingerprint density at radius 3 is 2.41 bits per heavy atom. The van der Waals surface area contributed by atoms with Crippen LogP contribution < -0.4 is 14.8 Å². The molecule has 0 saturated carbocycles. The highest BCUT2D eigenvalue weighted by molar-refractivity contribution is 5.77. The first-order valence-corrected chi connectivity index (χ1v) is 9.75. The summed E-state index contributed by atoms with van der Waals surface area (Å²) in [4.78, 5) is 12.2. The molecule has 0 aliphatic rings. The van der Waals surface area contributed by atoms with Crippen molar-refractivity contribution in [3.63, 3.8) is 0 Å². The smallest absolute Gasteiger partial charge is 0.258 e. The zero-order chi connectivity index (χ0) is 20.6. The van der Waals surface area contributed by atoms with Crippen molar-refractivity contribution >= 4 is 5.91 Å². The molecule has 0 radical (unpaired) electrons. The van der Waals surface area contributed by atoms with Gasteiger partial charge in [-0.15, -0.1) is 0 Å². The van der Waals surface area contributed by atoms with Gasteiger partial charge in [-0.05, 0) is 50.1 Å². The molecule has 0 aliphatic heterocycles. The van der Waals surface area contributed by atoms with Gasteiger partial charge in [0, 0.05) is 12.2 Å². The highest BCUT2D eigenvalue weighted by atomic mass is 16.5. The molecule has 2 aromatic carbocycles. The molecule has 0 bridgehead atoms. The third kappa shape index (κ3) is 5.85. The molecular weight excluding hydrogens is 366 g/mol. The first kappa shape index (κ1) is 20.5. The van der Waals surface area contributed by atoms with E-state index in [4.69, 9.17) is 9.47 Å².